The topological polar surface area (TPSA) is 12.0 Å². The molecular weight excluding hydrogens is 170 g/mol. The summed E-state index contributed by atoms with van der Waals surface area (Å²) in [6, 6.07) is 0.615. The van der Waals surface area contributed by atoms with Gasteiger partial charge in [-0.3, -0.25) is 0 Å². The van der Waals surface area contributed by atoms with Crippen LogP contribution in [0.5, 0.6) is 0 Å². The molecule has 0 unspecified atom stereocenters. The molecule has 1 nitrogen and oxygen atoms in total. The zero-order valence-electron chi connectivity index (χ0n) is 10.4. The van der Waals surface area contributed by atoms with Crippen LogP contribution in [0.15, 0.2) is 11.6 Å². The summed E-state index contributed by atoms with van der Waals surface area (Å²) in [4.78, 5) is 0. The minimum Gasteiger partial charge on any atom is -0.314 e. The van der Waals surface area contributed by atoms with Gasteiger partial charge in [-0.15, -0.1) is 0 Å². The first-order valence-electron chi connectivity index (χ1n) is 6.12. The molecule has 1 N–H and O–H groups in total. The van der Waals surface area contributed by atoms with E-state index in [0.29, 0.717) is 6.04 Å². The molecule has 0 aliphatic carbocycles. The maximum absolute atomic E-state index is 3.47. The molecule has 0 spiro atoms. The molecule has 0 aromatic heterocycles. The van der Waals surface area contributed by atoms with Gasteiger partial charge in [-0.2, -0.15) is 0 Å². The lowest BCUT2D eigenvalue weighted by Gasteiger charge is -2.10. The van der Waals surface area contributed by atoms with Gasteiger partial charge in [0.2, 0.25) is 0 Å². The predicted octanol–water partition coefficient (Wildman–Crippen LogP) is 3.90. The largest absolute Gasteiger partial charge is 0.314 e. The molecule has 84 valence electrons. The molecule has 0 saturated carbocycles. The Kier molecular flexibility index (Phi) is 9.06. The number of rotatable bonds is 8. The second-order valence-corrected chi connectivity index (χ2v) is 4.26. The van der Waals surface area contributed by atoms with E-state index in [-0.39, 0.29) is 0 Å². The van der Waals surface area contributed by atoms with Gasteiger partial charge in [-0.1, -0.05) is 52.2 Å². The SMILES string of the molecule is CCC/C=C(/CCC)CCNC(C)C. The molecule has 0 amide bonds. The van der Waals surface area contributed by atoms with E-state index in [1.807, 2.05) is 0 Å². The van der Waals surface area contributed by atoms with E-state index in [0.717, 1.165) is 6.54 Å². The summed E-state index contributed by atoms with van der Waals surface area (Å²) < 4.78 is 0. The van der Waals surface area contributed by atoms with Gasteiger partial charge in [0, 0.05) is 6.04 Å². The van der Waals surface area contributed by atoms with Gasteiger partial charge in [0.05, 0.1) is 0 Å². The zero-order valence-corrected chi connectivity index (χ0v) is 10.4. The average Bonchev–Trinajstić information content (AvgIpc) is 2.13. The number of nitrogens with one attached hydrogen (secondary N) is 1. The van der Waals surface area contributed by atoms with Crippen molar-refractivity contribution in [1.29, 1.82) is 0 Å². The van der Waals surface area contributed by atoms with Crippen molar-refractivity contribution >= 4 is 0 Å². The molecule has 0 radical (unpaired) electrons. The third-order valence-electron chi connectivity index (χ3n) is 2.29. The van der Waals surface area contributed by atoms with Crippen molar-refractivity contribution < 1.29 is 0 Å². The van der Waals surface area contributed by atoms with Crippen molar-refractivity contribution in [3.05, 3.63) is 11.6 Å². The molecule has 0 aromatic rings. The highest BCUT2D eigenvalue weighted by molar-refractivity contribution is 5.02. The highest BCUT2D eigenvalue weighted by Gasteiger charge is 1.97. The van der Waals surface area contributed by atoms with Gasteiger partial charge >= 0.3 is 0 Å². The van der Waals surface area contributed by atoms with Crippen LogP contribution in [0.4, 0.5) is 0 Å². The van der Waals surface area contributed by atoms with Crippen molar-refractivity contribution in [2.75, 3.05) is 6.54 Å². The Bertz CT molecular complexity index is 147. The van der Waals surface area contributed by atoms with E-state index in [1.165, 1.54) is 32.1 Å². The Morgan fingerprint density at radius 3 is 2.36 bits per heavy atom. The van der Waals surface area contributed by atoms with Crippen molar-refractivity contribution in [2.24, 2.45) is 0 Å². The lowest BCUT2D eigenvalue weighted by atomic mass is 10.1. The summed E-state index contributed by atoms with van der Waals surface area (Å²) in [5.74, 6) is 0. The molecule has 0 aliphatic rings. The third-order valence-corrected chi connectivity index (χ3v) is 2.29. The molecule has 0 saturated heterocycles. The Labute approximate surface area is 90.0 Å². The first-order chi connectivity index (χ1) is 6.70. The highest BCUT2D eigenvalue weighted by Crippen LogP contribution is 2.10. The van der Waals surface area contributed by atoms with Gasteiger partial charge in [-0.05, 0) is 25.8 Å². The van der Waals surface area contributed by atoms with Gasteiger partial charge in [-0.25, -0.2) is 0 Å². The highest BCUT2D eigenvalue weighted by atomic mass is 14.9. The van der Waals surface area contributed by atoms with Gasteiger partial charge in [0.15, 0.2) is 0 Å². The minimum absolute atomic E-state index is 0.615. The minimum atomic E-state index is 0.615. The third kappa shape index (κ3) is 8.31. The van der Waals surface area contributed by atoms with Crippen LogP contribution in [-0.2, 0) is 0 Å². The van der Waals surface area contributed by atoms with Crippen LogP contribution in [0.1, 0.15) is 59.8 Å². The monoisotopic (exact) mass is 197 g/mol. The maximum atomic E-state index is 3.47. The smallest absolute Gasteiger partial charge is 0.00105 e. The van der Waals surface area contributed by atoms with Crippen molar-refractivity contribution in [3.8, 4) is 0 Å². The summed E-state index contributed by atoms with van der Waals surface area (Å²) >= 11 is 0. The van der Waals surface area contributed by atoms with Crippen molar-refractivity contribution in [2.45, 2.75) is 65.8 Å². The van der Waals surface area contributed by atoms with E-state index >= 15 is 0 Å². The molecule has 0 aliphatic heterocycles. The number of allylic oxidation sites excluding steroid dienone is 1. The molecule has 0 atom stereocenters. The number of hydrogen-bond acceptors (Lipinski definition) is 1. The van der Waals surface area contributed by atoms with Crippen LogP contribution in [0.2, 0.25) is 0 Å². The fourth-order valence-electron chi connectivity index (χ4n) is 1.52. The fourth-order valence-corrected chi connectivity index (χ4v) is 1.52. The number of unbranched alkanes of at least 4 members (excludes halogenated alkanes) is 1. The van der Waals surface area contributed by atoms with Crippen LogP contribution in [0, 0.1) is 0 Å². The van der Waals surface area contributed by atoms with E-state index < -0.39 is 0 Å². The average molecular weight is 197 g/mol. The molecule has 0 fully saturated rings. The van der Waals surface area contributed by atoms with Crippen molar-refractivity contribution in [3.63, 3.8) is 0 Å². The first kappa shape index (κ1) is 13.7. The summed E-state index contributed by atoms with van der Waals surface area (Å²) in [5.41, 5.74) is 1.64. The van der Waals surface area contributed by atoms with Crippen molar-refractivity contribution in [1.82, 2.24) is 5.32 Å². The summed E-state index contributed by atoms with van der Waals surface area (Å²) in [6.07, 6.45) is 8.73. The van der Waals surface area contributed by atoms with Gasteiger partial charge < -0.3 is 5.32 Å². The molecule has 0 heterocycles. The zero-order chi connectivity index (χ0) is 10.8. The summed E-state index contributed by atoms with van der Waals surface area (Å²) in [5, 5.41) is 3.47. The summed E-state index contributed by atoms with van der Waals surface area (Å²) in [7, 11) is 0. The van der Waals surface area contributed by atoms with Crippen LogP contribution in [-0.4, -0.2) is 12.6 Å². The molecule has 14 heavy (non-hydrogen) atoms. The molecule has 0 aromatic carbocycles. The van der Waals surface area contributed by atoms with Gasteiger partial charge in [0.25, 0.3) is 0 Å². The normalized spacial score (nSPS) is 12.5. The Balaban J connectivity index is 3.72. The quantitative estimate of drug-likeness (QED) is 0.582. The van der Waals surface area contributed by atoms with Crippen LogP contribution < -0.4 is 5.32 Å². The molecule has 1 heteroatoms. The van der Waals surface area contributed by atoms with Gasteiger partial charge in [0.1, 0.15) is 0 Å². The molecular formula is C13H27N. The first-order valence-corrected chi connectivity index (χ1v) is 6.12. The second kappa shape index (κ2) is 9.26. The molecule has 0 bridgehead atoms. The Hall–Kier alpha value is -0.300. The van der Waals surface area contributed by atoms with E-state index in [4.69, 9.17) is 0 Å². The lowest BCUT2D eigenvalue weighted by molar-refractivity contribution is 0.583. The van der Waals surface area contributed by atoms with Crippen LogP contribution >= 0.6 is 0 Å². The van der Waals surface area contributed by atoms with E-state index in [1.54, 1.807) is 5.57 Å². The van der Waals surface area contributed by atoms with E-state index in [9.17, 15) is 0 Å². The Morgan fingerprint density at radius 2 is 1.86 bits per heavy atom. The van der Waals surface area contributed by atoms with E-state index in [2.05, 4.69) is 39.1 Å². The van der Waals surface area contributed by atoms with Crippen LogP contribution in [0.25, 0.3) is 0 Å². The summed E-state index contributed by atoms with van der Waals surface area (Å²) in [6.45, 7) is 10.0. The van der Waals surface area contributed by atoms with Crippen LogP contribution in [0.3, 0.4) is 0 Å². The maximum Gasteiger partial charge on any atom is 0.00105 e. The second-order valence-electron chi connectivity index (χ2n) is 4.26. The molecule has 0 rings (SSSR count). The fraction of sp³-hybridized carbons (Fsp3) is 0.846. The Morgan fingerprint density at radius 1 is 1.14 bits per heavy atom. The predicted molar refractivity (Wildman–Crippen MR) is 65.7 cm³/mol. The lowest BCUT2D eigenvalue weighted by Crippen LogP contribution is -2.23. The number of hydrogen-bond donors (Lipinski definition) is 1. The standard InChI is InChI=1S/C13H27N/c1-5-7-9-13(8-6-2)10-11-14-12(3)4/h9,12,14H,5-8,10-11H2,1-4H3/b13-9-.